The molecule has 1 aliphatic rings. The van der Waals surface area contributed by atoms with E-state index >= 15 is 0 Å². The molecule has 0 radical (unpaired) electrons. The van der Waals surface area contributed by atoms with Gasteiger partial charge in [0, 0.05) is 25.0 Å². The minimum atomic E-state index is -3.83. The number of alkyl halides is 2. The molecule has 0 spiro atoms. The van der Waals surface area contributed by atoms with Gasteiger partial charge in [0.25, 0.3) is 0 Å². The predicted molar refractivity (Wildman–Crippen MR) is 110 cm³/mol. The molecule has 8 nitrogen and oxygen atoms in total. The standard InChI is InChI=1S/C20H21F2N5O3S/c1-23-31(28,29)17-5-3-4-15(16-11-27(2)12-25-16)19(17)26-18-9-6-13(10-24-18)20(21,22)30-14-7-8-14/h3-6,9-12,14,23H,7-8H2,1-2H3,(H,24,26). The minimum Gasteiger partial charge on any atom is -0.340 e. The first-order valence-corrected chi connectivity index (χ1v) is 11.0. The lowest BCUT2D eigenvalue weighted by Gasteiger charge is -2.18. The summed E-state index contributed by atoms with van der Waals surface area (Å²) >= 11 is 0. The average Bonchev–Trinajstić information content (AvgIpc) is 3.44. The number of aryl methyl sites for hydroxylation is 1. The van der Waals surface area contributed by atoms with Crippen LogP contribution < -0.4 is 10.0 Å². The van der Waals surface area contributed by atoms with Crippen LogP contribution in [0.25, 0.3) is 11.3 Å². The topological polar surface area (TPSA) is 98.1 Å². The lowest BCUT2D eigenvalue weighted by atomic mass is 10.1. The van der Waals surface area contributed by atoms with Crippen LogP contribution in [0, 0.1) is 0 Å². The maximum Gasteiger partial charge on any atom is 0.385 e. The molecule has 1 fully saturated rings. The van der Waals surface area contributed by atoms with Gasteiger partial charge in [-0.15, -0.1) is 0 Å². The van der Waals surface area contributed by atoms with Gasteiger partial charge < -0.3 is 14.6 Å². The maximum absolute atomic E-state index is 14.2. The van der Waals surface area contributed by atoms with Crippen molar-refractivity contribution in [2.24, 2.45) is 7.05 Å². The van der Waals surface area contributed by atoms with E-state index < -0.39 is 22.2 Å². The van der Waals surface area contributed by atoms with Gasteiger partial charge in [-0.25, -0.2) is 23.1 Å². The van der Waals surface area contributed by atoms with Crippen LogP contribution in [0.4, 0.5) is 20.3 Å². The first kappa shape index (κ1) is 21.3. The van der Waals surface area contributed by atoms with Crippen molar-refractivity contribution in [1.29, 1.82) is 0 Å². The largest absolute Gasteiger partial charge is 0.385 e. The number of hydrogen-bond donors (Lipinski definition) is 2. The molecule has 1 saturated carbocycles. The van der Waals surface area contributed by atoms with Gasteiger partial charge in [0.05, 0.1) is 29.4 Å². The summed E-state index contributed by atoms with van der Waals surface area (Å²) in [5.41, 5.74) is 0.923. The summed E-state index contributed by atoms with van der Waals surface area (Å²) < 4.78 is 62.3. The van der Waals surface area contributed by atoms with Crippen molar-refractivity contribution in [2.45, 2.75) is 29.9 Å². The first-order valence-electron chi connectivity index (χ1n) is 9.54. The molecule has 11 heteroatoms. The van der Waals surface area contributed by atoms with Crippen LogP contribution >= 0.6 is 0 Å². The number of halogens is 2. The molecule has 4 rings (SSSR count). The Morgan fingerprint density at radius 3 is 2.55 bits per heavy atom. The molecular weight excluding hydrogens is 428 g/mol. The van der Waals surface area contributed by atoms with E-state index in [0.29, 0.717) is 24.1 Å². The van der Waals surface area contributed by atoms with Gasteiger partial charge in [0.15, 0.2) is 0 Å². The number of nitrogens with zero attached hydrogens (tertiary/aromatic N) is 3. The molecule has 0 saturated heterocycles. The lowest BCUT2D eigenvalue weighted by molar-refractivity contribution is -0.255. The van der Waals surface area contributed by atoms with Crippen LogP contribution in [0.3, 0.4) is 0 Å². The molecule has 0 aliphatic heterocycles. The fourth-order valence-corrected chi connectivity index (χ4v) is 3.90. The van der Waals surface area contributed by atoms with Gasteiger partial charge in [-0.2, -0.15) is 8.78 Å². The zero-order chi connectivity index (χ0) is 22.2. The van der Waals surface area contributed by atoms with Crippen LogP contribution in [0.1, 0.15) is 18.4 Å². The number of para-hydroxylation sites is 1. The van der Waals surface area contributed by atoms with E-state index in [1.165, 1.54) is 25.2 Å². The Labute approximate surface area is 178 Å². The molecule has 0 amide bonds. The highest BCUT2D eigenvalue weighted by atomic mass is 32.2. The zero-order valence-electron chi connectivity index (χ0n) is 16.8. The Balaban J connectivity index is 1.71. The van der Waals surface area contributed by atoms with Crippen LogP contribution in [0.5, 0.6) is 0 Å². The molecule has 0 atom stereocenters. The number of nitrogens with one attached hydrogen (secondary N) is 2. The van der Waals surface area contributed by atoms with Crippen LogP contribution in [-0.2, 0) is 27.9 Å². The number of benzene rings is 1. The van der Waals surface area contributed by atoms with E-state index in [1.807, 2.05) is 0 Å². The van der Waals surface area contributed by atoms with Gasteiger partial charge in [-0.05, 0) is 38.1 Å². The van der Waals surface area contributed by atoms with E-state index in [4.69, 9.17) is 4.74 Å². The second-order valence-electron chi connectivity index (χ2n) is 7.20. The summed E-state index contributed by atoms with van der Waals surface area (Å²) in [6, 6.07) is 7.31. The van der Waals surface area contributed by atoms with Gasteiger partial charge in [0.1, 0.15) is 10.7 Å². The summed E-state index contributed by atoms with van der Waals surface area (Å²) in [6.07, 6.45) is 1.73. The fourth-order valence-electron chi connectivity index (χ4n) is 2.99. The van der Waals surface area contributed by atoms with Crippen molar-refractivity contribution in [3.63, 3.8) is 0 Å². The molecule has 164 valence electrons. The molecule has 31 heavy (non-hydrogen) atoms. The highest BCUT2D eigenvalue weighted by molar-refractivity contribution is 7.89. The smallest absolute Gasteiger partial charge is 0.340 e. The SMILES string of the molecule is CNS(=O)(=O)c1cccc(-c2cn(C)cn2)c1Nc1ccc(C(F)(F)OC2CC2)cn1. The Kier molecular flexibility index (Phi) is 5.50. The highest BCUT2D eigenvalue weighted by Gasteiger charge is 2.40. The van der Waals surface area contributed by atoms with Crippen molar-refractivity contribution in [3.8, 4) is 11.3 Å². The van der Waals surface area contributed by atoms with E-state index in [1.54, 1.807) is 36.3 Å². The molecule has 2 aromatic heterocycles. The molecule has 3 aromatic rings. The number of hydrogen-bond acceptors (Lipinski definition) is 6. The Hall–Kier alpha value is -2.89. The van der Waals surface area contributed by atoms with Gasteiger partial charge >= 0.3 is 6.11 Å². The molecule has 0 unspecified atom stereocenters. The normalized spacial score (nSPS) is 14.6. The number of rotatable bonds is 8. The summed E-state index contributed by atoms with van der Waals surface area (Å²) in [6.45, 7) is 0. The lowest BCUT2D eigenvalue weighted by Crippen LogP contribution is -2.20. The summed E-state index contributed by atoms with van der Waals surface area (Å²) in [7, 11) is -0.725. The third-order valence-electron chi connectivity index (χ3n) is 4.76. The number of sulfonamides is 1. The van der Waals surface area contributed by atoms with Crippen molar-refractivity contribution in [1.82, 2.24) is 19.3 Å². The number of pyridine rings is 1. The predicted octanol–water partition coefficient (Wildman–Crippen LogP) is 3.36. The molecule has 1 aromatic carbocycles. The van der Waals surface area contributed by atoms with Crippen LogP contribution in [-0.4, -0.2) is 36.1 Å². The fraction of sp³-hybridized carbons (Fsp3) is 0.300. The third kappa shape index (κ3) is 4.58. The maximum atomic E-state index is 14.2. The van der Waals surface area contributed by atoms with Crippen LogP contribution in [0.2, 0.25) is 0 Å². The zero-order valence-corrected chi connectivity index (χ0v) is 17.7. The van der Waals surface area contributed by atoms with Crippen molar-refractivity contribution in [2.75, 3.05) is 12.4 Å². The third-order valence-corrected chi connectivity index (χ3v) is 6.21. The van der Waals surface area contributed by atoms with E-state index in [2.05, 4.69) is 20.0 Å². The summed E-state index contributed by atoms with van der Waals surface area (Å²) in [5, 5.41) is 2.96. The molecule has 2 N–H and O–H groups in total. The number of aromatic nitrogens is 3. The van der Waals surface area contributed by atoms with Crippen LogP contribution in [0.15, 0.2) is 53.9 Å². The summed E-state index contributed by atoms with van der Waals surface area (Å²) in [5.74, 6) is 0.196. The quantitative estimate of drug-likeness (QED) is 0.547. The Bertz CT molecular complexity index is 1190. The van der Waals surface area contributed by atoms with Crippen molar-refractivity contribution >= 4 is 21.5 Å². The molecular formula is C20H21F2N5O3S. The van der Waals surface area contributed by atoms with Crippen molar-refractivity contribution < 1.29 is 21.9 Å². The number of ether oxygens (including phenoxy) is 1. The average molecular weight is 449 g/mol. The first-order chi connectivity index (χ1) is 14.7. The minimum absolute atomic E-state index is 0.0218. The highest BCUT2D eigenvalue weighted by Crippen LogP contribution is 2.38. The molecule has 2 heterocycles. The van der Waals surface area contributed by atoms with Crippen molar-refractivity contribution in [3.05, 3.63) is 54.6 Å². The molecule has 0 bridgehead atoms. The van der Waals surface area contributed by atoms with E-state index in [0.717, 1.165) is 6.20 Å². The second kappa shape index (κ2) is 7.98. The monoisotopic (exact) mass is 449 g/mol. The molecule has 1 aliphatic carbocycles. The number of imidazole rings is 1. The van der Waals surface area contributed by atoms with Gasteiger partial charge in [0.2, 0.25) is 10.0 Å². The van der Waals surface area contributed by atoms with E-state index in [-0.39, 0.29) is 22.0 Å². The Morgan fingerprint density at radius 1 is 1.19 bits per heavy atom. The van der Waals surface area contributed by atoms with Gasteiger partial charge in [-0.1, -0.05) is 12.1 Å². The van der Waals surface area contributed by atoms with Gasteiger partial charge in [-0.3, -0.25) is 0 Å². The number of anilines is 2. The Morgan fingerprint density at radius 2 is 1.97 bits per heavy atom. The second-order valence-corrected chi connectivity index (χ2v) is 9.06. The van der Waals surface area contributed by atoms with E-state index in [9.17, 15) is 17.2 Å². The summed E-state index contributed by atoms with van der Waals surface area (Å²) in [4.78, 5) is 8.31.